The maximum atomic E-state index is 14.0. The van der Waals surface area contributed by atoms with Crippen molar-refractivity contribution in [1.82, 2.24) is 19.6 Å². The van der Waals surface area contributed by atoms with Crippen LogP contribution in [0.3, 0.4) is 0 Å². The van der Waals surface area contributed by atoms with Crippen molar-refractivity contribution in [3.63, 3.8) is 0 Å². The average molecular weight is 611 g/mol. The molecule has 0 spiro atoms. The topological polar surface area (TPSA) is 108 Å². The molecule has 206 valence electrons. The van der Waals surface area contributed by atoms with E-state index in [-0.39, 0.29) is 35.4 Å². The number of nitro groups is 1. The maximum absolute atomic E-state index is 14.0. The van der Waals surface area contributed by atoms with Gasteiger partial charge < -0.3 is 15.4 Å². The van der Waals surface area contributed by atoms with Gasteiger partial charge in [0.25, 0.3) is 0 Å². The SMILES string of the molecule is O=C(CC12CC3CC(C1)CC(n1cc(Br)c([N+](=O)[O-])n1)(C3)C2)Nc1ccn(Cc2c(F)c(F)cc(F)c2F)n1. The summed E-state index contributed by atoms with van der Waals surface area (Å²) in [6.45, 7) is -0.566. The molecule has 4 aliphatic rings. The quantitative estimate of drug-likeness (QED) is 0.160. The molecule has 1 amide bonds. The number of carbonyl (C=O) groups excluding carboxylic acids is 1. The van der Waals surface area contributed by atoms with E-state index in [1.165, 1.54) is 12.3 Å². The molecule has 1 N–H and O–H groups in total. The highest BCUT2D eigenvalue weighted by Crippen LogP contribution is 2.65. The number of hydrogen-bond donors (Lipinski definition) is 1. The van der Waals surface area contributed by atoms with E-state index in [2.05, 4.69) is 31.4 Å². The lowest BCUT2D eigenvalue weighted by molar-refractivity contribution is -0.390. The number of anilines is 1. The van der Waals surface area contributed by atoms with E-state index >= 15 is 0 Å². The Morgan fingerprint density at radius 2 is 1.79 bits per heavy atom. The van der Waals surface area contributed by atoms with Crippen molar-refractivity contribution in [3.05, 3.63) is 67.9 Å². The van der Waals surface area contributed by atoms with Crippen LogP contribution in [-0.4, -0.2) is 30.4 Å². The predicted molar refractivity (Wildman–Crippen MR) is 133 cm³/mol. The van der Waals surface area contributed by atoms with Gasteiger partial charge in [-0.3, -0.25) is 9.48 Å². The van der Waals surface area contributed by atoms with Gasteiger partial charge in [-0.25, -0.2) is 17.6 Å². The van der Waals surface area contributed by atoms with E-state index in [0.29, 0.717) is 22.7 Å². The van der Waals surface area contributed by atoms with Gasteiger partial charge in [0, 0.05) is 24.8 Å². The number of halogens is 5. The summed E-state index contributed by atoms with van der Waals surface area (Å²) >= 11 is 3.25. The van der Waals surface area contributed by atoms with Crippen LogP contribution in [0.2, 0.25) is 0 Å². The highest BCUT2D eigenvalue weighted by Gasteiger charge is 2.60. The molecule has 4 bridgehead atoms. The smallest absolute Gasteiger partial charge is 0.358 e. The van der Waals surface area contributed by atoms with Crippen molar-refractivity contribution in [3.8, 4) is 0 Å². The second-order valence-corrected chi connectivity index (χ2v) is 12.1. The molecular formula is C25H23BrF4N6O3. The summed E-state index contributed by atoms with van der Waals surface area (Å²) in [5.74, 6) is -5.60. The van der Waals surface area contributed by atoms with Gasteiger partial charge in [-0.15, -0.1) is 0 Å². The molecule has 39 heavy (non-hydrogen) atoms. The number of carbonyl (C=O) groups is 1. The third-order valence-electron chi connectivity index (χ3n) is 8.43. The number of rotatable bonds is 7. The summed E-state index contributed by atoms with van der Waals surface area (Å²) in [6.07, 6.45) is 8.44. The number of nitrogens with zero attached hydrogens (tertiary/aromatic N) is 5. The average Bonchev–Trinajstić information content (AvgIpc) is 3.45. The summed E-state index contributed by atoms with van der Waals surface area (Å²) in [5.41, 5.74) is -1.50. The Morgan fingerprint density at radius 3 is 2.41 bits per heavy atom. The number of hydrogen-bond acceptors (Lipinski definition) is 5. The molecule has 7 rings (SSSR count). The molecule has 2 unspecified atom stereocenters. The maximum Gasteiger partial charge on any atom is 0.404 e. The zero-order valence-electron chi connectivity index (χ0n) is 20.5. The minimum Gasteiger partial charge on any atom is -0.358 e. The third-order valence-corrected chi connectivity index (χ3v) is 8.99. The van der Waals surface area contributed by atoms with Gasteiger partial charge in [-0.2, -0.15) is 9.78 Å². The fourth-order valence-electron chi connectivity index (χ4n) is 7.55. The minimum atomic E-state index is -1.50. The minimum absolute atomic E-state index is 0.142. The van der Waals surface area contributed by atoms with Gasteiger partial charge in [-0.1, -0.05) is 0 Å². The monoisotopic (exact) mass is 610 g/mol. The first-order valence-corrected chi connectivity index (χ1v) is 13.3. The molecule has 0 aliphatic heterocycles. The molecule has 1 aromatic carbocycles. The highest BCUT2D eigenvalue weighted by molar-refractivity contribution is 9.10. The Labute approximate surface area is 227 Å². The summed E-state index contributed by atoms with van der Waals surface area (Å²) in [4.78, 5) is 24.0. The highest BCUT2D eigenvalue weighted by atomic mass is 79.9. The lowest BCUT2D eigenvalue weighted by Crippen LogP contribution is -2.57. The number of benzene rings is 1. The molecule has 0 saturated heterocycles. The van der Waals surface area contributed by atoms with Crippen molar-refractivity contribution in [1.29, 1.82) is 0 Å². The zero-order chi connectivity index (χ0) is 27.7. The molecule has 4 saturated carbocycles. The van der Waals surface area contributed by atoms with Crippen molar-refractivity contribution < 1.29 is 27.3 Å². The Hall–Kier alpha value is -3.29. The second kappa shape index (κ2) is 9.14. The van der Waals surface area contributed by atoms with Crippen molar-refractivity contribution in [2.75, 3.05) is 5.32 Å². The van der Waals surface area contributed by atoms with Crippen LogP contribution in [-0.2, 0) is 16.9 Å². The van der Waals surface area contributed by atoms with E-state index in [0.717, 1.165) is 36.8 Å². The Balaban J connectivity index is 1.17. The van der Waals surface area contributed by atoms with Gasteiger partial charge in [-0.05, 0) is 76.6 Å². The first-order chi connectivity index (χ1) is 18.5. The fraction of sp³-hybridized carbons (Fsp3) is 0.480. The summed E-state index contributed by atoms with van der Waals surface area (Å²) in [6, 6.07) is 1.58. The van der Waals surface area contributed by atoms with E-state index in [1.54, 1.807) is 10.9 Å². The molecule has 2 heterocycles. The van der Waals surface area contributed by atoms with Crippen molar-refractivity contribution in [2.24, 2.45) is 17.3 Å². The van der Waals surface area contributed by atoms with Crippen LogP contribution in [0.4, 0.5) is 29.2 Å². The van der Waals surface area contributed by atoms with Gasteiger partial charge in [0.05, 0.1) is 28.9 Å². The van der Waals surface area contributed by atoms with E-state index in [1.807, 2.05) is 0 Å². The Bertz CT molecular complexity index is 1470. The first kappa shape index (κ1) is 26.0. The second-order valence-electron chi connectivity index (χ2n) is 11.3. The van der Waals surface area contributed by atoms with Gasteiger partial charge in [0.2, 0.25) is 5.91 Å². The standard InChI is InChI=1S/C25H23BrF4N6O3/c26-16-11-35(33-23(16)36(38)39)25-7-13-3-14(8-25)6-24(5-13,12-25)9-20(37)31-19-1-2-34(32-19)10-15-21(29)17(27)4-18(28)22(15)30/h1-2,4,11,13-14H,3,5-10,12H2,(H,31,32,37). The molecule has 9 nitrogen and oxygen atoms in total. The summed E-state index contributed by atoms with van der Waals surface area (Å²) < 4.78 is 58.3. The Kier molecular flexibility index (Phi) is 6.08. The lowest BCUT2D eigenvalue weighted by atomic mass is 9.46. The van der Waals surface area contributed by atoms with Crippen LogP contribution in [0.1, 0.15) is 50.5 Å². The van der Waals surface area contributed by atoms with Gasteiger partial charge >= 0.3 is 5.82 Å². The van der Waals surface area contributed by atoms with Crippen LogP contribution in [0.15, 0.2) is 29.0 Å². The molecular weight excluding hydrogens is 588 g/mol. The molecule has 14 heteroatoms. The Morgan fingerprint density at radius 1 is 1.13 bits per heavy atom. The van der Waals surface area contributed by atoms with Gasteiger partial charge in [0.1, 0.15) is 4.47 Å². The number of amides is 1. The molecule has 2 atom stereocenters. The van der Waals surface area contributed by atoms with Crippen LogP contribution in [0.5, 0.6) is 0 Å². The normalized spacial score (nSPS) is 27.2. The van der Waals surface area contributed by atoms with E-state index in [4.69, 9.17) is 0 Å². The van der Waals surface area contributed by atoms with Crippen molar-refractivity contribution in [2.45, 2.75) is 57.0 Å². The van der Waals surface area contributed by atoms with Crippen LogP contribution < -0.4 is 5.32 Å². The van der Waals surface area contributed by atoms with E-state index < -0.39 is 45.8 Å². The van der Waals surface area contributed by atoms with E-state index in [9.17, 15) is 32.5 Å². The van der Waals surface area contributed by atoms with Crippen molar-refractivity contribution >= 4 is 33.5 Å². The van der Waals surface area contributed by atoms with Crippen LogP contribution in [0.25, 0.3) is 0 Å². The lowest BCUT2D eigenvalue weighted by Gasteiger charge is -2.61. The number of nitrogens with one attached hydrogen (secondary N) is 1. The predicted octanol–water partition coefficient (Wildman–Crippen LogP) is 5.68. The summed E-state index contributed by atoms with van der Waals surface area (Å²) in [7, 11) is 0. The third kappa shape index (κ3) is 4.51. The molecule has 0 radical (unpaired) electrons. The first-order valence-electron chi connectivity index (χ1n) is 12.5. The van der Waals surface area contributed by atoms with Gasteiger partial charge in [0.15, 0.2) is 29.1 Å². The zero-order valence-corrected chi connectivity index (χ0v) is 22.1. The molecule has 4 fully saturated rings. The number of aromatic nitrogens is 4. The summed E-state index contributed by atoms with van der Waals surface area (Å²) in [5, 5.41) is 22.5. The largest absolute Gasteiger partial charge is 0.404 e. The molecule has 2 aromatic heterocycles. The molecule has 4 aliphatic carbocycles. The van der Waals surface area contributed by atoms with Crippen LogP contribution >= 0.6 is 15.9 Å². The fourth-order valence-corrected chi connectivity index (χ4v) is 7.97. The van der Waals surface area contributed by atoms with Crippen LogP contribution in [0, 0.1) is 50.6 Å². The molecule has 3 aromatic rings.